The van der Waals surface area contributed by atoms with E-state index in [1.165, 1.54) is 22.8 Å². The highest BCUT2D eigenvalue weighted by Gasteiger charge is 2.18. The topological polar surface area (TPSA) is 110 Å². The second kappa shape index (κ2) is 6.31. The van der Waals surface area contributed by atoms with Crippen LogP contribution in [-0.2, 0) is 0 Å². The van der Waals surface area contributed by atoms with Crippen LogP contribution in [0, 0.1) is 11.5 Å². The van der Waals surface area contributed by atoms with E-state index in [0.717, 1.165) is 0 Å². The number of benzene rings is 1. The average molecular weight is 317 g/mol. The Kier molecular flexibility index (Phi) is 4.06. The minimum Gasteiger partial charge on any atom is -0.486 e. The van der Waals surface area contributed by atoms with Gasteiger partial charge in [-0.05, 0) is 16.7 Å². The van der Waals surface area contributed by atoms with Crippen molar-refractivity contribution in [3.05, 3.63) is 18.5 Å². The molecule has 112 valence electrons. The van der Waals surface area contributed by atoms with Crippen LogP contribution in [0.15, 0.2) is 23.5 Å². The predicted octanol–water partition coefficient (Wildman–Crippen LogP) is 0.855. The van der Waals surface area contributed by atoms with Gasteiger partial charge in [-0.25, -0.2) is 4.99 Å². The Balaban J connectivity index is 2.12. The summed E-state index contributed by atoms with van der Waals surface area (Å²) in [5, 5.41) is 22.8. The molecule has 1 N–H and O–H groups in total. The van der Waals surface area contributed by atoms with E-state index in [2.05, 4.69) is 25.8 Å². The van der Waals surface area contributed by atoms with Gasteiger partial charge in [0.05, 0.1) is 11.4 Å². The Hall–Kier alpha value is -2.80. The third-order valence-electron chi connectivity index (χ3n) is 2.81. The standard InChI is InChI=1S/C12H11N7O2S/c1-22-12(14-6-13)16-8-4-10-11(21-3-2-20-10)5-9(8)19-7-15-17-18-19/h4-5,7H,2-3H2,1H3,(H,14,16). The molecule has 0 aliphatic carbocycles. The van der Waals surface area contributed by atoms with E-state index >= 15 is 0 Å². The number of hydrogen-bond donors (Lipinski definition) is 1. The summed E-state index contributed by atoms with van der Waals surface area (Å²) in [6.07, 6.45) is 5.13. The van der Waals surface area contributed by atoms with Crippen LogP contribution in [0.25, 0.3) is 5.69 Å². The van der Waals surface area contributed by atoms with Gasteiger partial charge < -0.3 is 9.47 Å². The minimum absolute atomic E-state index is 0.452. The van der Waals surface area contributed by atoms with Gasteiger partial charge in [-0.3, -0.25) is 5.32 Å². The van der Waals surface area contributed by atoms with Gasteiger partial charge in [0.25, 0.3) is 0 Å². The zero-order valence-corrected chi connectivity index (χ0v) is 12.4. The molecular weight excluding hydrogens is 306 g/mol. The molecule has 1 aliphatic heterocycles. The van der Waals surface area contributed by atoms with Crippen molar-refractivity contribution < 1.29 is 9.47 Å². The molecule has 0 saturated heterocycles. The van der Waals surface area contributed by atoms with Crippen LogP contribution in [0.4, 0.5) is 5.69 Å². The van der Waals surface area contributed by atoms with Gasteiger partial charge in [0.15, 0.2) is 22.9 Å². The smallest absolute Gasteiger partial charge is 0.183 e. The summed E-state index contributed by atoms with van der Waals surface area (Å²) in [5.41, 5.74) is 1.18. The van der Waals surface area contributed by atoms with E-state index in [9.17, 15) is 0 Å². The fourth-order valence-electron chi connectivity index (χ4n) is 1.89. The van der Waals surface area contributed by atoms with Gasteiger partial charge in [-0.2, -0.15) is 9.94 Å². The largest absolute Gasteiger partial charge is 0.486 e. The summed E-state index contributed by atoms with van der Waals surface area (Å²) in [7, 11) is 0. The lowest BCUT2D eigenvalue weighted by molar-refractivity contribution is 0.171. The molecule has 3 rings (SSSR count). The van der Waals surface area contributed by atoms with Crippen LogP contribution in [0.1, 0.15) is 0 Å². The van der Waals surface area contributed by atoms with Crippen molar-refractivity contribution in [1.29, 1.82) is 5.26 Å². The maximum absolute atomic E-state index is 8.75. The Morgan fingerprint density at radius 1 is 1.41 bits per heavy atom. The molecule has 0 spiro atoms. The second-order valence-corrected chi connectivity index (χ2v) is 4.89. The highest BCUT2D eigenvalue weighted by atomic mass is 32.2. The monoisotopic (exact) mass is 317 g/mol. The number of ether oxygens (including phenoxy) is 2. The zero-order valence-electron chi connectivity index (χ0n) is 11.6. The predicted molar refractivity (Wildman–Crippen MR) is 79.5 cm³/mol. The molecule has 9 nitrogen and oxygen atoms in total. The molecule has 2 aromatic rings. The Bertz CT molecular complexity index is 739. The van der Waals surface area contributed by atoms with Crippen LogP contribution in [-0.4, -0.2) is 44.8 Å². The number of aliphatic imine (C=N–C) groups is 1. The molecule has 0 bridgehead atoms. The highest BCUT2D eigenvalue weighted by molar-refractivity contribution is 8.13. The van der Waals surface area contributed by atoms with E-state index in [4.69, 9.17) is 14.7 Å². The number of rotatable bonds is 2. The third-order valence-corrected chi connectivity index (χ3v) is 3.39. The van der Waals surface area contributed by atoms with Crippen molar-refractivity contribution in [2.45, 2.75) is 0 Å². The number of tetrazole rings is 1. The van der Waals surface area contributed by atoms with Crippen LogP contribution in [0.3, 0.4) is 0 Å². The number of thioether (sulfide) groups is 1. The summed E-state index contributed by atoms with van der Waals surface area (Å²) in [6, 6.07) is 3.49. The Labute approximate surface area is 129 Å². The molecule has 0 amide bonds. The number of nitrogens with one attached hydrogen (secondary N) is 1. The minimum atomic E-state index is 0.452. The van der Waals surface area contributed by atoms with Gasteiger partial charge in [-0.1, -0.05) is 11.8 Å². The number of amidine groups is 1. The number of nitrogens with zero attached hydrogens (tertiary/aromatic N) is 6. The molecule has 1 aromatic carbocycles. The molecule has 0 atom stereocenters. The molecule has 0 fully saturated rings. The zero-order chi connectivity index (χ0) is 15.4. The fraction of sp³-hybridized carbons (Fsp3) is 0.250. The Morgan fingerprint density at radius 3 is 2.82 bits per heavy atom. The molecule has 1 aliphatic rings. The number of hydrogen-bond acceptors (Lipinski definition) is 8. The Morgan fingerprint density at radius 2 is 2.18 bits per heavy atom. The first-order valence-corrected chi connectivity index (χ1v) is 7.49. The van der Waals surface area contributed by atoms with Crippen LogP contribution >= 0.6 is 11.8 Å². The van der Waals surface area contributed by atoms with E-state index in [0.29, 0.717) is 41.3 Å². The quantitative estimate of drug-likeness (QED) is 0.376. The van der Waals surface area contributed by atoms with Gasteiger partial charge in [-0.15, -0.1) is 5.10 Å². The van der Waals surface area contributed by atoms with E-state index < -0.39 is 0 Å². The third kappa shape index (κ3) is 2.79. The normalized spacial score (nSPS) is 13.5. The average Bonchev–Trinajstić information content (AvgIpc) is 3.08. The first-order valence-electron chi connectivity index (χ1n) is 6.26. The first-order chi connectivity index (χ1) is 10.8. The van der Waals surface area contributed by atoms with Crippen LogP contribution in [0.2, 0.25) is 0 Å². The van der Waals surface area contributed by atoms with Gasteiger partial charge >= 0.3 is 0 Å². The second-order valence-electron chi connectivity index (χ2n) is 4.10. The van der Waals surface area contributed by atoms with Crippen molar-refractivity contribution in [1.82, 2.24) is 25.5 Å². The van der Waals surface area contributed by atoms with Crippen molar-refractivity contribution in [2.24, 2.45) is 4.99 Å². The maximum atomic E-state index is 8.75. The summed E-state index contributed by atoms with van der Waals surface area (Å²) in [6.45, 7) is 0.961. The lowest BCUT2D eigenvalue weighted by Gasteiger charge is -2.20. The van der Waals surface area contributed by atoms with Gasteiger partial charge in [0.2, 0.25) is 0 Å². The van der Waals surface area contributed by atoms with E-state index in [-0.39, 0.29) is 0 Å². The van der Waals surface area contributed by atoms with E-state index in [1.54, 1.807) is 12.1 Å². The molecule has 0 unspecified atom stereocenters. The lowest BCUT2D eigenvalue weighted by atomic mass is 10.2. The van der Waals surface area contributed by atoms with Crippen molar-refractivity contribution in [2.75, 3.05) is 19.5 Å². The first kappa shape index (κ1) is 14.2. The van der Waals surface area contributed by atoms with Gasteiger partial charge in [0, 0.05) is 12.1 Å². The highest BCUT2D eigenvalue weighted by Crippen LogP contribution is 2.38. The number of fused-ring (bicyclic) bond motifs is 1. The number of nitriles is 1. The summed E-state index contributed by atoms with van der Waals surface area (Å²) in [5.74, 6) is 1.20. The van der Waals surface area contributed by atoms with Crippen molar-refractivity contribution in [3.8, 4) is 23.4 Å². The fourth-order valence-corrected chi connectivity index (χ4v) is 2.23. The molecule has 22 heavy (non-hydrogen) atoms. The molecule has 10 heteroatoms. The summed E-state index contributed by atoms with van der Waals surface area (Å²) < 4.78 is 12.6. The SMILES string of the molecule is CSC(=Nc1cc2c(cc1-n1cnnn1)OCCO2)NC#N. The molecule has 0 saturated carbocycles. The summed E-state index contributed by atoms with van der Waals surface area (Å²) in [4.78, 5) is 4.42. The molecule has 0 radical (unpaired) electrons. The number of aromatic nitrogens is 4. The molecule has 2 heterocycles. The maximum Gasteiger partial charge on any atom is 0.183 e. The summed E-state index contributed by atoms with van der Waals surface area (Å²) >= 11 is 1.32. The van der Waals surface area contributed by atoms with E-state index in [1.807, 2.05) is 12.4 Å². The molecular formula is C12H11N7O2S. The van der Waals surface area contributed by atoms with Crippen LogP contribution < -0.4 is 14.8 Å². The van der Waals surface area contributed by atoms with Gasteiger partial charge in [0.1, 0.15) is 19.5 Å². The van der Waals surface area contributed by atoms with Crippen LogP contribution in [0.5, 0.6) is 11.5 Å². The van der Waals surface area contributed by atoms with Crippen molar-refractivity contribution >= 4 is 22.6 Å². The van der Waals surface area contributed by atoms with Crippen molar-refractivity contribution in [3.63, 3.8) is 0 Å². The molecule has 1 aromatic heterocycles. The lowest BCUT2D eigenvalue weighted by Crippen LogP contribution is -2.16.